The summed E-state index contributed by atoms with van der Waals surface area (Å²) in [5.41, 5.74) is 4.23. The SMILES string of the molecule is COC(=O)C(C)(CCCN1CCN(c2ccc(-c3ccccc3)cc2)CC1)c1ccccc1. The molecule has 4 rings (SSSR count). The van der Waals surface area contributed by atoms with Crippen molar-refractivity contribution in [2.24, 2.45) is 0 Å². The predicted octanol–water partition coefficient (Wildman–Crippen LogP) is 5.39. The molecule has 1 unspecified atom stereocenters. The van der Waals surface area contributed by atoms with Crippen molar-refractivity contribution in [2.45, 2.75) is 25.2 Å². The highest BCUT2D eigenvalue weighted by molar-refractivity contribution is 5.82. The molecule has 1 aliphatic rings. The molecular formula is C29H34N2O2. The van der Waals surface area contributed by atoms with Crippen LogP contribution in [0.4, 0.5) is 5.69 Å². The Morgan fingerprint density at radius 2 is 1.39 bits per heavy atom. The van der Waals surface area contributed by atoms with Crippen molar-refractivity contribution in [3.05, 3.63) is 90.5 Å². The van der Waals surface area contributed by atoms with Crippen molar-refractivity contribution in [3.8, 4) is 11.1 Å². The van der Waals surface area contributed by atoms with Crippen LogP contribution in [0.25, 0.3) is 11.1 Å². The number of methoxy groups -OCH3 is 1. The number of ether oxygens (including phenoxy) is 1. The minimum absolute atomic E-state index is 0.155. The van der Waals surface area contributed by atoms with Crippen molar-refractivity contribution in [1.82, 2.24) is 4.90 Å². The maximum absolute atomic E-state index is 12.6. The molecule has 33 heavy (non-hydrogen) atoms. The fraction of sp³-hybridized carbons (Fsp3) is 0.345. The van der Waals surface area contributed by atoms with Crippen LogP contribution in [0.2, 0.25) is 0 Å². The topological polar surface area (TPSA) is 32.8 Å². The second kappa shape index (κ2) is 10.7. The molecule has 4 nitrogen and oxygen atoms in total. The van der Waals surface area contributed by atoms with Crippen LogP contribution >= 0.6 is 0 Å². The molecule has 1 fully saturated rings. The Morgan fingerprint density at radius 3 is 2.00 bits per heavy atom. The third-order valence-electron chi connectivity index (χ3n) is 6.91. The van der Waals surface area contributed by atoms with Gasteiger partial charge in [-0.25, -0.2) is 0 Å². The van der Waals surface area contributed by atoms with Crippen molar-refractivity contribution < 1.29 is 9.53 Å². The Kier molecular flexibility index (Phi) is 7.46. The number of rotatable bonds is 8. The van der Waals surface area contributed by atoms with Gasteiger partial charge in [0.25, 0.3) is 0 Å². The molecule has 3 aromatic carbocycles. The van der Waals surface area contributed by atoms with E-state index in [9.17, 15) is 4.79 Å². The normalized spacial score (nSPS) is 16.2. The Labute approximate surface area is 197 Å². The summed E-state index contributed by atoms with van der Waals surface area (Å²) in [7, 11) is 1.48. The molecule has 4 heteroatoms. The summed E-state index contributed by atoms with van der Waals surface area (Å²) in [5.74, 6) is -0.155. The lowest BCUT2D eigenvalue weighted by molar-refractivity contribution is -0.147. The number of esters is 1. The molecule has 1 saturated heterocycles. The van der Waals surface area contributed by atoms with Gasteiger partial charge in [-0.05, 0) is 55.1 Å². The van der Waals surface area contributed by atoms with Crippen molar-refractivity contribution in [3.63, 3.8) is 0 Å². The number of hydrogen-bond donors (Lipinski definition) is 0. The highest BCUT2D eigenvalue weighted by atomic mass is 16.5. The third kappa shape index (κ3) is 5.45. The zero-order valence-electron chi connectivity index (χ0n) is 19.7. The van der Waals surface area contributed by atoms with Crippen LogP contribution in [-0.2, 0) is 14.9 Å². The summed E-state index contributed by atoms with van der Waals surface area (Å²) < 4.78 is 5.15. The summed E-state index contributed by atoms with van der Waals surface area (Å²) in [6, 6.07) is 29.4. The Balaban J connectivity index is 1.28. The molecule has 0 saturated carbocycles. The first-order valence-corrected chi connectivity index (χ1v) is 11.9. The first kappa shape index (κ1) is 23.1. The highest BCUT2D eigenvalue weighted by Gasteiger charge is 2.35. The number of carbonyl (C=O) groups is 1. The molecule has 3 aromatic rings. The smallest absolute Gasteiger partial charge is 0.315 e. The molecule has 0 aromatic heterocycles. The summed E-state index contributed by atoms with van der Waals surface area (Å²) in [4.78, 5) is 17.6. The van der Waals surface area contributed by atoms with Gasteiger partial charge in [-0.1, -0.05) is 72.8 Å². The highest BCUT2D eigenvalue weighted by Crippen LogP contribution is 2.31. The van der Waals surface area contributed by atoms with E-state index in [1.165, 1.54) is 23.9 Å². The van der Waals surface area contributed by atoms with E-state index < -0.39 is 5.41 Å². The van der Waals surface area contributed by atoms with E-state index in [-0.39, 0.29) is 5.97 Å². The Hall–Kier alpha value is -3.11. The lowest BCUT2D eigenvalue weighted by Crippen LogP contribution is -2.47. The summed E-state index contributed by atoms with van der Waals surface area (Å²) in [5, 5.41) is 0. The number of anilines is 1. The number of nitrogens with zero attached hydrogens (tertiary/aromatic N) is 2. The van der Waals surface area contributed by atoms with Crippen LogP contribution < -0.4 is 4.90 Å². The molecule has 0 radical (unpaired) electrons. The molecular weight excluding hydrogens is 408 g/mol. The van der Waals surface area contributed by atoms with Gasteiger partial charge in [-0.3, -0.25) is 9.69 Å². The molecule has 1 aliphatic heterocycles. The van der Waals surface area contributed by atoms with Crippen LogP contribution in [0, 0.1) is 0 Å². The minimum atomic E-state index is -0.599. The van der Waals surface area contributed by atoms with Crippen LogP contribution in [0.1, 0.15) is 25.3 Å². The van der Waals surface area contributed by atoms with E-state index in [1.807, 2.05) is 37.3 Å². The molecule has 0 spiro atoms. The number of benzene rings is 3. The fourth-order valence-corrected chi connectivity index (χ4v) is 4.78. The van der Waals surface area contributed by atoms with Crippen LogP contribution in [0.15, 0.2) is 84.9 Å². The van der Waals surface area contributed by atoms with Crippen LogP contribution in [-0.4, -0.2) is 50.7 Å². The van der Waals surface area contributed by atoms with Crippen molar-refractivity contribution in [2.75, 3.05) is 44.7 Å². The molecule has 0 aliphatic carbocycles. The van der Waals surface area contributed by atoms with Gasteiger partial charge >= 0.3 is 5.97 Å². The maximum atomic E-state index is 12.6. The fourth-order valence-electron chi connectivity index (χ4n) is 4.78. The lowest BCUT2D eigenvalue weighted by Gasteiger charge is -2.36. The first-order valence-electron chi connectivity index (χ1n) is 11.9. The number of carbonyl (C=O) groups excluding carboxylic acids is 1. The molecule has 0 bridgehead atoms. The van der Waals surface area contributed by atoms with E-state index in [4.69, 9.17) is 4.74 Å². The monoisotopic (exact) mass is 442 g/mol. The Morgan fingerprint density at radius 1 is 0.818 bits per heavy atom. The van der Waals surface area contributed by atoms with Crippen molar-refractivity contribution >= 4 is 11.7 Å². The zero-order chi connectivity index (χ0) is 23.1. The standard InChI is InChI=1S/C29H34N2O2/c1-29(28(32)33-2,26-12-7-4-8-13-26)18-9-19-30-20-22-31(23-21-30)27-16-14-25(15-17-27)24-10-5-3-6-11-24/h3-8,10-17H,9,18-23H2,1-2H3. The van der Waals surface area contributed by atoms with E-state index in [0.717, 1.165) is 51.1 Å². The summed E-state index contributed by atoms with van der Waals surface area (Å²) in [6.45, 7) is 7.14. The van der Waals surface area contributed by atoms with Crippen molar-refractivity contribution in [1.29, 1.82) is 0 Å². The van der Waals surface area contributed by atoms with Gasteiger partial charge in [-0.15, -0.1) is 0 Å². The van der Waals surface area contributed by atoms with Gasteiger partial charge in [-0.2, -0.15) is 0 Å². The molecule has 0 amide bonds. The molecule has 1 heterocycles. The summed E-state index contributed by atoms with van der Waals surface area (Å²) in [6.07, 6.45) is 1.75. The second-order valence-corrected chi connectivity index (χ2v) is 9.03. The van der Waals surface area contributed by atoms with E-state index in [0.29, 0.717) is 0 Å². The molecule has 0 N–H and O–H groups in total. The largest absolute Gasteiger partial charge is 0.468 e. The number of piperazine rings is 1. The van der Waals surface area contributed by atoms with E-state index in [2.05, 4.69) is 64.4 Å². The number of hydrogen-bond acceptors (Lipinski definition) is 4. The van der Waals surface area contributed by atoms with Gasteiger partial charge < -0.3 is 9.64 Å². The minimum Gasteiger partial charge on any atom is -0.468 e. The average Bonchev–Trinajstić information content (AvgIpc) is 2.89. The molecule has 172 valence electrons. The van der Waals surface area contributed by atoms with Gasteiger partial charge in [0.1, 0.15) is 0 Å². The van der Waals surface area contributed by atoms with Crippen LogP contribution in [0.5, 0.6) is 0 Å². The average molecular weight is 443 g/mol. The Bertz CT molecular complexity index is 1010. The predicted molar refractivity (Wildman–Crippen MR) is 136 cm³/mol. The maximum Gasteiger partial charge on any atom is 0.315 e. The summed E-state index contributed by atoms with van der Waals surface area (Å²) >= 11 is 0. The third-order valence-corrected chi connectivity index (χ3v) is 6.91. The van der Waals surface area contributed by atoms with E-state index in [1.54, 1.807) is 0 Å². The second-order valence-electron chi connectivity index (χ2n) is 9.03. The van der Waals surface area contributed by atoms with Gasteiger partial charge in [0.2, 0.25) is 0 Å². The van der Waals surface area contributed by atoms with E-state index >= 15 is 0 Å². The van der Waals surface area contributed by atoms with Gasteiger partial charge in [0, 0.05) is 31.9 Å². The first-order chi connectivity index (χ1) is 16.1. The van der Waals surface area contributed by atoms with Gasteiger partial charge in [0.15, 0.2) is 0 Å². The molecule has 1 atom stereocenters. The van der Waals surface area contributed by atoms with Crippen LogP contribution in [0.3, 0.4) is 0 Å². The quantitative estimate of drug-likeness (QED) is 0.438. The van der Waals surface area contributed by atoms with Gasteiger partial charge in [0.05, 0.1) is 12.5 Å². The zero-order valence-corrected chi connectivity index (χ0v) is 19.7. The lowest BCUT2D eigenvalue weighted by atomic mass is 9.78.